The maximum atomic E-state index is 12.2. The number of aryl methyl sites for hydroxylation is 2. The SMILES string of the molecule is C.C1CCOC1.CC1(O)c2ccccc2C(C)(O)c2cc(Br)ccc21.Cc1c2ccccc2c(C)c2cc(Br)ccc12.O=C1c2ccccc2C(=O)c2cc(Br)ccc21.[CH3-].[Cl][Sn][Cl].[Li+]. The van der Waals surface area contributed by atoms with Gasteiger partial charge < -0.3 is 22.4 Å². The number of hydrogen-bond donors (Lipinski definition) is 2. The Hall–Kier alpha value is -2.30. The zero-order valence-corrected chi connectivity index (χ0v) is 45.1. The van der Waals surface area contributed by atoms with Gasteiger partial charge in [-0.2, -0.15) is 0 Å². The molecule has 10 rings (SSSR count). The summed E-state index contributed by atoms with van der Waals surface area (Å²) in [6.45, 7) is 9.95. The molecule has 328 valence electrons. The Bertz CT molecular complexity index is 2750. The molecular weight excluding hydrogens is 1140 g/mol. The second-order valence-electron chi connectivity index (χ2n) is 15.2. The minimum absolute atomic E-state index is 0. The summed E-state index contributed by atoms with van der Waals surface area (Å²) < 4.78 is 7.78. The van der Waals surface area contributed by atoms with Crippen LogP contribution in [0.25, 0.3) is 21.5 Å². The first kappa shape index (κ1) is 56.0. The summed E-state index contributed by atoms with van der Waals surface area (Å²) >= 11 is 9.47. The Balaban J connectivity index is 0.000000230. The van der Waals surface area contributed by atoms with Crippen molar-refractivity contribution in [3.63, 3.8) is 0 Å². The Kier molecular flexibility index (Phi) is 21.6. The maximum Gasteiger partial charge on any atom is 1.00 e. The molecule has 5 nitrogen and oxygen atoms in total. The fourth-order valence-electron chi connectivity index (χ4n) is 8.13. The van der Waals surface area contributed by atoms with Crippen LogP contribution >= 0.6 is 65.6 Å². The molecule has 0 bridgehead atoms. The van der Waals surface area contributed by atoms with Crippen LogP contribution in [0.15, 0.2) is 141 Å². The molecule has 2 unspecified atom stereocenters. The topological polar surface area (TPSA) is 83.8 Å². The number of ether oxygens (including phenoxy) is 1. The van der Waals surface area contributed by atoms with Gasteiger partial charge in [-0.15, -0.1) is 0 Å². The van der Waals surface area contributed by atoms with Gasteiger partial charge in [-0.3, -0.25) is 9.59 Å². The molecule has 7 aromatic rings. The number of ketones is 2. The minimum atomic E-state index is -1.10. The van der Waals surface area contributed by atoms with Gasteiger partial charge in [-0.05, 0) is 138 Å². The van der Waals surface area contributed by atoms with Crippen LogP contribution in [-0.4, -0.2) is 53.9 Å². The average molecular weight is 1190 g/mol. The third-order valence-electron chi connectivity index (χ3n) is 11.2. The van der Waals surface area contributed by atoms with E-state index in [1.807, 2.05) is 42.5 Å². The molecule has 3 aliphatic rings. The first-order valence-corrected chi connectivity index (χ1v) is 29.2. The first-order valence-electron chi connectivity index (χ1n) is 19.6. The number of benzene rings is 7. The van der Waals surface area contributed by atoms with Gasteiger partial charge in [0, 0.05) is 48.9 Å². The minimum Gasteiger partial charge on any atom is 1.00 e. The van der Waals surface area contributed by atoms with Crippen LogP contribution in [0.3, 0.4) is 0 Å². The van der Waals surface area contributed by atoms with Crippen molar-refractivity contribution in [2.45, 2.75) is 59.2 Å². The Morgan fingerprint density at radius 3 is 1.44 bits per heavy atom. The van der Waals surface area contributed by atoms with E-state index >= 15 is 0 Å². The van der Waals surface area contributed by atoms with Gasteiger partial charge in [-0.1, -0.05) is 140 Å². The van der Waals surface area contributed by atoms with Crippen LogP contribution in [0, 0.1) is 21.3 Å². The molecule has 2 aliphatic carbocycles. The van der Waals surface area contributed by atoms with Crippen LogP contribution in [0.5, 0.6) is 0 Å². The van der Waals surface area contributed by atoms with E-state index in [0.717, 1.165) is 48.9 Å². The van der Waals surface area contributed by atoms with Crippen molar-refractivity contribution in [1.29, 1.82) is 0 Å². The molecule has 1 aliphatic heterocycles. The maximum absolute atomic E-state index is 12.2. The molecule has 1 heterocycles. The molecule has 1 fully saturated rings. The molecule has 2 N–H and O–H groups in total. The predicted molar refractivity (Wildman–Crippen MR) is 275 cm³/mol. The number of carbonyl (C=O) groups excluding carboxylic acids is 2. The van der Waals surface area contributed by atoms with E-state index in [2.05, 4.69) is 104 Å². The molecule has 2 radical (unpaired) electrons. The number of halogens is 5. The molecule has 0 aromatic heterocycles. The zero-order valence-electron chi connectivity index (χ0n) is 36.0. The molecule has 7 aromatic carbocycles. The zero-order chi connectivity index (χ0) is 44.1. The van der Waals surface area contributed by atoms with E-state index in [9.17, 15) is 19.8 Å². The third kappa shape index (κ3) is 12.0. The quantitative estimate of drug-likeness (QED) is 0.0898. The average Bonchev–Trinajstić information content (AvgIpc) is 3.86. The summed E-state index contributed by atoms with van der Waals surface area (Å²) in [6, 6.07) is 40.4. The standard InChI is InChI=1S/C16H15BrO2.C16H13Br.C14H7BrO2.C4H8O.CH4.CH3.2ClH.Li.Sn/c1-15(18)11-5-3-4-6-12(11)16(2,19)14-9-10(17)7-8-13(14)15;1-10-13-5-3-4-6-14(13)11(2)16-9-12(17)7-8-15(10)16;15-8-5-6-11-12(7-8)14(17)10-4-2-1-3-9(10)13(11)16;1-2-4-5-3-1;;;;;;/h3-9,18-19H,1-2H3;3-9H,1-2H3;1-7H;1-4H2;1H4;1H3;2*1H;;/q;;;;;-1;;;+1;+2/p-2. The van der Waals surface area contributed by atoms with Crippen molar-refractivity contribution in [2.24, 2.45) is 0 Å². The number of hydrogen-bond acceptors (Lipinski definition) is 5. The number of rotatable bonds is 0. The molecule has 0 amide bonds. The van der Waals surface area contributed by atoms with Crippen molar-refractivity contribution in [1.82, 2.24) is 0 Å². The van der Waals surface area contributed by atoms with E-state index in [4.69, 9.17) is 22.6 Å². The summed E-state index contributed by atoms with van der Waals surface area (Å²) in [5, 5.41) is 27.2. The normalized spacial score (nSPS) is 17.2. The van der Waals surface area contributed by atoms with Crippen molar-refractivity contribution in [3.05, 3.63) is 204 Å². The van der Waals surface area contributed by atoms with Crippen LogP contribution in [0.2, 0.25) is 0 Å². The monoisotopic (exact) mass is 1190 g/mol. The van der Waals surface area contributed by atoms with Crippen molar-refractivity contribution in [2.75, 3.05) is 13.2 Å². The molecular formula is C52H50Br3Cl2LiO5Sn. The summed E-state index contributed by atoms with van der Waals surface area (Å²) in [5.74, 6) is -0.167. The fraction of sp³-hybridized carbons (Fsp3) is 0.212. The van der Waals surface area contributed by atoms with Crippen molar-refractivity contribution in [3.8, 4) is 0 Å². The van der Waals surface area contributed by atoms with E-state index in [1.54, 1.807) is 56.3 Å². The van der Waals surface area contributed by atoms with E-state index in [1.165, 1.54) is 45.5 Å². The van der Waals surface area contributed by atoms with E-state index < -0.39 is 30.1 Å². The molecule has 64 heavy (non-hydrogen) atoms. The number of fused-ring (bicyclic) bond motifs is 6. The van der Waals surface area contributed by atoms with Crippen LogP contribution in [0.4, 0.5) is 0 Å². The molecule has 12 heteroatoms. The van der Waals surface area contributed by atoms with E-state index in [0.29, 0.717) is 22.3 Å². The van der Waals surface area contributed by atoms with Crippen molar-refractivity contribution >= 4 is 118 Å². The Labute approximate surface area is 432 Å². The predicted octanol–water partition coefficient (Wildman–Crippen LogP) is 11.8. The van der Waals surface area contributed by atoms with Gasteiger partial charge >= 0.3 is 55.6 Å². The Morgan fingerprint density at radius 1 is 0.531 bits per heavy atom. The van der Waals surface area contributed by atoms with E-state index in [-0.39, 0.29) is 45.3 Å². The number of aliphatic hydroxyl groups is 2. The van der Waals surface area contributed by atoms with Crippen LogP contribution < -0.4 is 18.9 Å². The van der Waals surface area contributed by atoms with Crippen LogP contribution in [-0.2, 0) is 15.9 Å². The second-order valence-corrected chi connectivity index (χ2v) is 22.1. The summed E-state index contributed by atoms with van der Waals surface area (Å²) in [6.07, 6.45) is 2.56. The Morgan fingerprint density at radius 2 is 0.906 bits per heavy atom. The molecule has 2 atom stereocenters. The largest absolute Gasteiger partial charge is 1.00 e. The number of carbonyl (C=O) groups is 2. The summed E-state index contributed by atoms with van der Waals surface area (Å²) in [7, 11) is 9.87. The van der Waals surface area contributed by atoms with Gasteiger partial charge in [0.2, 0.25) is 0 Å². The summed E-state index contributed by atoms with van der Waals surface area (Å²) in [4.78, 5) is 24.4. The molecule has 1 saturated heterocycles. The second kappa shape index (κ2) is 24.6. The molecule has 0 saturated carbocycles. The van der Waals surface area contributed by atoms with Crippen LogP contribution in [0.1, 0.15) is 99.3 Å². The van der Waals surface area contributed by atoms with Gasteiger partial charge in [-0.25, -0.2) is 0 Å². The van der Waals surface area contributed by atoms with Gasteiger partial charge in [0.05, 0.1) is 0 Å². The fourth-order valence-corrected chi connectivity index (χ4v) is 9.21. The van der Waals surface area contributed by atoms with Gasteiger partial charge in [0.25, 0.3) is 0 Å². The summed E-state index contributed by atoms with van der Waals surface area (Å²) in [5.41, 5.74) is 5.49. The third-order valence-corrected chi connectivity index (χ3v) is 12.7. The van der Waals surface area contributed by atoms with Gasteiger partial charge in [0.1, 0.15) is 11.2 Å². The smallest absolute Gasteiger partial charge is 1.00 e. The first-order chi connectivity index (χ1) is 29.1. The van der Waals surface area contributed by atoms with Crippen molar-refractivity contribution < 1.29 is 43.4 Å². The molecule has 0 spiro atoms. The van der Waals surface area contributed by atoms with Gasteiger partial charge in [0.15, 0.2) is 11.6 Å².